The van der Waals surface area contributed by atoms with Crippen molar-refractivity contribution in [2.24, 2.45) is 0 Å². The molecule has 0 saturated heterocycles. The van der Waals surface area contributed by atoms with E-state index in [1.807, 2.05) is 0 Å². The van der Waals surface area contributed by atoms with E-state index in [9.17, 15) is 18.4 Å². The molecule has 5 nitrogen and oxygen atoms in total. The molecule has 0 aliphatic heterocycles. The highest BCUT2D eigenvalue weighted by atomic mass is 19.1. The maximum Gasteiger partial charge on any atom is 0.274 e. The molecule has 0 aliphatic carbocycles. The van der Waals surface area contributed by atoms with Gasteiger partial charge in [-0.3, -0.25) is 14.6 Å². The Bertz CT molecular complexity index is 942. The molecule has 0 saturated carbocycles. The zero-order chi connectivity index (χ0) is 18.5. The van der Waals surface area contributed by atoms with Crippen LogP contribution < -0.4 is 10.6 Å². The Hall–Kier alpha value is -3.61. The smallest absolute Gasteiger partial charge is 0.274 e. The molecule has 0 atom stereocenters. The molecule has 26 heavy (non-hydrogen) atoms. The average molecular weight is 353 g/mol. The largest absolute Gasteiger partial charge is 0.321 e. The van der Waals surface area contributed by atoms with Crippen LogP contribution in [0.3, 0.4) is 0 Å². The van der Waals surface area contributed by atoms with Gasteiger partial charge in [0.1, 0.15) is 23.0 Å². The number of hydrogen-bond acceptors (Lipinski definition) is 3. The zero-order valence-corrected chi connectivity index (χ0v) is 13.4. The number of nitrogens with one attached hydrogen (secondary N) is 2. The van der Waals surface area contributed by atoms with Gasteiger partial charge in [-0.15, -0.1) is 0 Å². The lowest BCUT2D eigenvalue weighted by Crippen LogP contribution is -2.17. The van der Waals surface area contributed by atoms with Crippen molar-refractivity contribution >= 4 is 23.2 Å². The molecule has 0 fully saturated rings. The van der Waals surface area contributed by atoms with Crippen molar-refractivity contribution < 1.29 is 18.4 Å². The summed E-state index contributed by atoms with van der Waals surface area (Å²) in [5.41, 5.74) is 0.0588. The van der Waals surface area contributed by atoms with E-state index in [0.29, 0.717) is 5.69 Å². The fourth-order valence-electron chi connectivity index (χ4n) is 2.22. The first-order valence-corrected chi connectivity index (χ1v) is 7.62. The quantitative estimate of drug-likeness (QED) is 0.748. The third kappa shape index (κ3) is 3.89. The fourth-order valence-corrected chi connectivity index (χ4v) is 2.22. The number of anilines is 2. The number of aromatic nitrogens is 1. The van der Waals surface area contributed by atoms with Crippen LogP contribution in [-0.4, -0.2) is 16.8 Å². The van der Waals surface area contributed by atoms with Crippen LogP contribution in [0.15, 0.2) is 66.9 Å². The molecule has 3 rings (SSSR count). The fraction of sp³-hybridized carbons (Fsp3) is 0. The minimum Gasteiger partial charge on any atom is -0.321 e. The number of hydrogen-bond donors (Lipinski definition) is 2. The molecular weight excluding hydrogens is 340 g/mol. The van der Waals surface area contributed by atoms with E-state index in [1.54, 1.807) is 30.3 Å². The van der Waals surface area contributed by atoms with Crippen molar-refractivity contribution in [3.8, 4) is 0 Å². The first kappa shape index (κ1) is 17.2. The number of para-hydroxylation sites is 2. The first-order valence-electron chi connectivity index (χ1n) is 7.62. The predicted octanol–water partition coefficient (Wildman–Crippen LogP) is 3.86. The minimum atomic E-state index is -0.894. The van der Waals surface area contributed by atoms with Crippen LogP contribution in [0.4, 0.5) is 20.2 Å². The van der Waals surface area contributed by atoms with Gasteiger partial charge in [-0.25, -0.2) is 8.78 Å². The number of amides is 2. The maximum atomic E-state index is 13.6. The first-order chi connectivity index (χ1) is 12.5. The summed E-state index contributed by atoms with van der Waals surface area (Å²) in [4.78, 5) is 28.4. The summed E-state index contributed by atoms with van der Waals surface area (Å²) < 4.78 is 27.3. The summed E-state index contributed by atoms with van der Waals surface area (Å²) in [5.74, 6) is -3.06. The molecule has 0 aliphatic rings. The number of benzene rings is 2. The van der Waals surface area contributed by atoms with Gasteiger partial charge < -0.3 is 10.6 Å². The second-order valence-electron chi connectivity index (χ2n) is 5.30. The van der Waals surface area contributed by atoms with E-state index in [2.05, 4.69) is 15.6 Å². The van der Waals surface area contributed by atoms with Crippen molar-refractivity contribution in [2.45, 2.75) is 0 Å². The number of rotatable bonds is 4. The minimum absolute atomic E-state index is 0.00416. The Labute approximate surface area is 147 Å². The lowest BCUT2D eigenvalue weighted by atomic mass is 10.2. The monoisotopic (exact) mass is 353 g/mol. The van der Waals surface area contributed by atoms with Gasteiger partial charge in [0.05, 0.1) is 0 Å². The summed E-state index contributed by atoms with van der Waals surface area (Å²) in [6, 6.07) is 14.6. The summed E-state index contributed by atoms with van der Waals surface area (Å²) in [7, 11) is 0. The molecule has 0 spiro atoms. The van der Waals surface area contributed by atoms with Gasteiger partial charge in [-0.2, -0.15) is 0 Å². The Morgan fingerprint density at radius 1 is 0.808 bits per heavy atom. The Kier molecular flexibility index (Phi) is 4.98. The Morgan fingerprint density at radius 3 is 2.19 bits per heavy atom. The molecule has 2 N–H and O–H groups in total. The lowest BCUT2D eigenvalue weighted by molar-refractivity contribution is 0.102. The molecule has 1 heterocycles. The zero-order valence-electron chi connectivity index (χ0n) is 13.4. The van der Waals surface area contributed by atoms with Crippen molar-refractivity contribution in [3.63, 3.8) is 0 Å². The second kappa shape index (κ2) is 7.52. The highest BCUT2D eigenvalue weighted by Crippen LogP contribution is 2.19. The number of pyridine rings is 1. The topological polar surface area (TPSA) is 71.1 Å². The number of halogens is 2. The van der Waals surface area contributed by atoms with E-state index < -0.39 is 29.1 Å². The molecule has 0 unspecified atom stereocenters. The van der Waals surface area contributed by atoms with Crippen LogP contribution >= 0.6 is 0 Å². The van der Waals surface area contributed by atoms with Gasteiger partial charge in [0, 0.05) is 17.4 Å². The lowest BCUT2D eigenvalue weighted by Gasteiger charge is -2.09. The van der Waals surface area contributed by atoms with E-state index in [1.165, 1.54) is 24.4 Å². The Balaban J connectivity index is 1.78. The van der Waals surface area contributed by atoms with Gasteiger partial charge >= 0.3 is 0 Å². The second-order valence-corrected chi connectivity index (χ2v) is 5.30. The SMILES string of the molecule is O=C(Nc1c(F)cccc1F)c1ccnc(C(=O)Nc2ccccc2)c1. The number of nitrogens with zero attached hydrogens (tertiary/aromatic N) is 1. The summed E-state index contributed by atoms with van der Waals surface area (Å²) >= 11 is 0. The van der Waals surface area contributed by atoms with Gasteiger partial charge in [0.25, 0.3) is 11.8 Å². The van der Waals surface area contributed by atoms with Gasteiger partial charge in [-0.1, -0.05) is 24.3 Å². The van der Waals surface area contributed by atoms with Gasteiger partial charge in [0.2, 0.25) is 0 Å². The predicted molar refractivity (Wildman–Crippen MR) is 92.9 cm³/mol. The van der Waals surface area contributed by atoms with Crippen molar-refractivity contribution in [2.75, 3.05) is 10.6 Å². The number of carbonyl (C=O) groups is 2. The summed E-state index contributed by atoms with van der Waals surface area (Å²) in [6.07, 6.45) is 1.27. The third-order valence-electron chi connectivity index (χ3n) is 3.49. The maximum absolute atomic E-state index is 13.6. The van der Waals surface area contributed by atoms with E-state index in [4.69, 9.17) is 0 Å². The normalized spacial score (nSPS) is 10.2. The van der Waals surface area contributed by atoms with E-state index in [-0.39, 0.29) is 11.3 Å². The molecule has 130 valence electrons. The van der Waals surface area contributed by atoms with Crippen molar-refractivity contribution in [1.82, 2.24) is 4.98 Å². The molecule has 2 amide bonds. The third-order valence-corrected chi connectivity index (χ3v) is 3.49. The van der Waals surface area contributed by atoms with Crippen LogP contribution in [0.5, 0.6) is 0 Å². The van der Waals surface area contributed by atoms with Crippen LogP contribution in [0.25, 0.3) is 0 Å². The van der Waals surface area contributed by atoms with Gasteiger partial charge in [0.15, 0.2) is 0 Å². The standard InChI is InChI=1S/C19H13F2N3O2/c20-14-7-4-8-15(21)17(14)24-18(25)12-9-10-22-16(11-12)19(26)23-13-5-2-1-3-6-13/h1-11H,(H,23,26)(H,24,25). The van der Waals surface area contributed by atoms with Crippen LogP contribution in [0, 0.1) is 11.6 Å². The Morgan fingerprint density at radius 2 is 1.50 bits per heavy atom. The highest BCUT2D eigenvalue weighted by molar-refractivity contribution is 6.07. The van der Waals surface area contributed by atoms with Crippen LogP contribution in [-0.2, 0) is 0 Å². The molecule has 3 aromatic rings. The molecule has 0 bridgehead atoms. The summed E-state index contributed by atoms with van der Waals surface area (Å²) in [6.45, 7) is 0. The van der Waals surface area contributed by atoms with E-state index in [0.717, 1.165) is 12.1 Å². The molecular formula is C19H13F2N3O2. The highest BCUT2D eigenvalue weighted by Gasteiger charge is 2.15. The van der Waals surface area contributed by atoms with E-state index >= 15 is 0 Å². The van der Waals surface area contributed by atoms with Crippen molar-refractivity contribution in [3.05, 3.63) is 89.8 Å². The summed E-state index contributed by atoms with van der Waals surface area (Å²) in [5, 5.41) is 4.80. The van der Waals surface area contributed by atoms with Gasteiger partial charge in [-0.05, 0) is 36.4 Å². The van der Waals surface area contributed by atoms with Crippen molar-refractivity contribution in [1.29, 1.82) is 0 Å². The molecule has 2 aromatic carbocycles. The van der Waals surface area contributed by atoms with Crippen LogP contribution in [0.1, 0.15) is 20.8 Å². The molecule has 7 heteroatoms. The van der Waals surface area contributed by atoms with Crippen LogP contribution in [0.2, 0.25) is 0 Å². The molecule has 1 aromatic heterocycles. The average Bonchev–Trinajstić information content (AvgIpc) is 2.65. The molecule has 0 radical (unpaired) electrons. The number of carbonyl (C=O) groups excluding carboxylic acids is 2.